The summed E-state index contributed by atoms with van der Waals surface area (Å²) in [6.07, 6.45) is 4.54. The molecule has 0 aliphatic heterocycles. The number of benzene rings is 2. The van der Waals surface area contributed by atoms with Crippen molar-refractivity contribution in [1.82, 2.24) is 0 Å². The third-order valence-electron chi connectivity index (χ3n) is 4.38. The van der Waals surface area contributed by atoms with Gasteiger partial charge in [0.15, 0.2) is 0 Å². The van der Waals surface area contributed by atoms with E-state index in [1.54, 1.807) is 0 Å². The van der Waals surface area contributed by atoms with E-state index in [0.717, 1.165) is 3.39 Å². The van der Waals surface area contributed by atoms with Crippen molar-refractivity contribution in [2.24, 2.45) is 0 Å². The van der Waals surface area contributed by atoms with Gasteiger partial charge in [0, 0.05) is 0 Å². The molecule has 0 saturated carbocycles. The molecule has 0 N–H and O–H groups in total. The van der Waals surface area contributed by atoms with E-state index in [-0.39, 0.29) is 0 Å². The summed E-state index contributed by atoms with van der Waals surface area (Å²) in [5, 5.41) is 0. The molecule has 0 nitrogen and oxygen atoms in total. The summed E-state index contributed by atoms with van der Waals surface area (Å²) >= 11 is 7.00. The van der Waals surface area contributed by atoms with E-state index < -0.39 is 0 Å². The second-order valence-electron chi connectivity index (χ2n) is 6.06. The molecular weight excluding hydrogens is 424 g/mol. The van der Waals surface area contributed by atoms with Gasteiger partial charge in [-0.2, -0.15) is 0 Å². The maximum absolute atomic E-state index is 3.50. The molecule has 0 fully saturated rings. The zero-order chi connectivity index (χ0) is 17.9. The van der Waals surface area contributed by atoms with Gasteiger partial charge in [0.1, 0.15) is 0 Å². The third-order valence-corrected chi connectivity index (χ3v) is 4.84. The fourth-order valence-corrected chi connectivity index (χ4v) is 3.02. The molecule has 0 radical (unpaired) electrons. The number of halogens is 2. The molecule has 2 rings (SSSR count). The van der Waals surface area contributed by atoms with Crippen LogP contribution in [0.15, 0.2) is 58.0 Å². The highest BCUT2D eigenvalue weighted by atomic mass is 79.9. The molecule has 0 bridgehead atoms. The smallest absolute Gasteiger partial charge is 0.0610 e. The Morgan fingerprint density at radius 2 is 1.17 bits per heavy atom. The van der Waals surface area contributed by atoms with Gasteiger partial charge in [0.05, 0.1) is 3.39 Å². The van der Waals surface area contributed by atoms with Crippen molar-refractivity contribution >= 4 is 37.9 Å². The van der Waals surface area contributed by atoms with Crippen molar-refractivity contribution < 1.29 is 0 Å². The van der Waals surface area contributed by atoms with Gasteiger partial charge >= 0.3 is 0 Å². The summed E-state index contributed by atoms with van der Waals surface area (Å²) in [7, 11) is 0. The predicted molar refractivity (Wildman–Crippen MR) is 116 cm³/mol. The van der Waals surface area contributed by atoms with Gasteiger partial charge in [-0.1, -0.05) is 82.3 Å². The van der Waals surface area contributed by atoms with Crippen LogP contribution < -0.4 is 0 Å². The monoisotopic (exact) mass is 450 g/mol. The highest BCUT2D eigenvalue weighted by Gasteiger charge is 2.14. The Balaban J connectivity index is 0.000000400. The van der Waals surface area contributed by atoms with Crippen LogP contribution in [-0.2, 0) is 0 Å². The molecule has 0 spiro atoms. The van der Waals surface area contributed by atoms with E-state index in [4.69, 9.17) is 0 Å². The maximum Gasteiger partial charge on any atom is 0.0610 e. The lowest BCUT2D eigenvalue weighted by Gasteiger charge is -2.20. The summed E-state index contributed by atoms with van der Waals surface area (Å²) < 4.78 is 1.01. The van der Waals surface area contributed by atoms with Crippen LogP contribution in [0, 0.1) is 0 Å². The van der Waals surface area contributed by atoms with Gasteiger partial charge < -0.3 is 0 Å². The quantitative estimate of drug-likeness (QED) is 0.427. The molecule has 0 heterocycles. The van der Waals surface area contributed by atoms with E-state index in [9.17, 15) is 0 Å². The van der Waals surface area contributed by atoms with Crippen LogP contribution in [-0.4, -0.2) is 0 Å². The Morgan fingerprint density at radius 3 is 1.46 bits per heavy atom. The molecule has 2 heteroatoms. The van der Waals surface area contributed by atoms with Gasteiger partial charge in [-0.05, 0) is 79.3 Å². The average Bonchev–Trinajstić information content (AvgIpc) is 2.62. The average molecular weight is 452 g/mol. The zero-order valence-electron chi connectivity index (χ0n) is 15.1. The minimum Gasteiger partial charge on any atom is -0.0648 e. The Morgan fingerprint density at radius 1 is 0.792 bits per heavy atom. The lowest BCUT2D eigenvalue weighted by molar-refractivity contribution is 0.708. The molecule has 0 saturated heterocycles. The molecule has 24 heavy (non-hydrogen) atoms. The second kappa shape index (κ2) is 11.7. The van der Waals surface area contributed by atoms with E-state index >= 15 is 0 Å². The van der Waals surface area contributed by atoms with Crippen molar-refractivity contribution in [2.75, 3.05) is 0 Å². The van der Waals surface area contributed by atoms with Crippen molar-refractivity contribution in [3.05, 3.63) is 74.7 Å². The Bertz CT molecular complexity index is 558. The fraction of sp³-hybridized carbons (Fsp3) is 0.364. The van der Waals surface area contributed by atoms with Crippen molar-refractivity contribution in [2.45, 2.75) is 52.4 Å². The van der Waals surface area contributed by atoms with Gasteiger partial charge in [-0.15, -0.1) is 0 Å². The van der Waals surface area contributed by atoms with Gasteiger partial charge in [0.25, 0.3) is 0 Å². The van der Waals surface area contributed by atoms with E-state index in [1.807, 2.05) is 36.4 Å². The molecule has 0 aromatic heterocycles. The van der Waals surface area contributed by atoms with Crippen LogP contribution in [0.3, 0.4) is 0 Å². The van der Waals surface area contributed by atoms with Gasteiger partial charge in [-0.25, -0.2) is 0 Å². The first-order valence-corrected chi connectivity index (χ1v) is 10.2. The van der Waals surface area contributed by atoms with Crippen molar-refractivity contribution in [1.29, 1.82) is 0 Å². The van der Waals surface area contributed by atoms with Crippen LogP contribution in [0.1, 0.15) is 69.1 Å². The Labute approximate surface area is 164 Å². The summed E-state index contributed by atoms with van der Waals surface area (Å²) in [5.74, 6) is 1.19. The van der Waals surface area contributed by atoms with E-state index in [1.165, 1.54) is 29.5 Å². The largest absolute Gasteiger partial charge is 0.0648 e. The Hall–Kier alpha value is -0.860. The predicted octanol–water partition coefficient (Wildman–Crippen LogP) is 8.49. The summed E-state index contributed by atoms with van der Waals surface area (Å²) in [5.41, 5.74) is 4.28. The lowest BCUT2D eigenvalue weighted by atomic mass is 9.86. The van der Waals surface area contributed by atoms with Crippen LogP contribution >= 0.6 is 31.9 Å². The first kappa shape index (κ1) is 21.2. The molecular formula is C22H28Br2. The molecule has 2 unspecified atom stereocenters. The van der Waals surface area contributed by atoms with E-state index in [2.05, 4.69) is 83.8 Å². The van der Waals surface area contributed by atoms with Crippen LogP contribution in [0.25, 0.3) is 6.08 Å². The molecule has 2 aromatic rings. The van der Waals surface area contributed by atoms with Crippen molar-refractivity contribution in [3.8, 4) is 0 Å². The van der Waals surface area contributed by atoms with Crippen LogP contribution in [0.5, 0.6) is 0 Å². The van der Waals surface area contributed by atoms with Gasteiger partial charge in [0.2, 0.25) is 0 Å². The fourth-order valence-electron chi connectivity index (χ4n) is 2.56. The first-order valence-electron chi connectivity index (χ1n) is 8.66. The highest BCUT2D eigenvalue weighted by molar-refractivity contribution is 9.28. The first-order chi connectivity index (χ1) is 11.5. The number of hydrogen-bond donors (Lipinski definition) is 0. The van der Waals surface area contributed by atoms with Crippen LogP contribution in [0.4, 0.5) is 0 Å². The van der Waals surface area contributed by atoms with E-state index in [0.29, 0.717) is 11.8 Å². The zero-order valence-corrected chi connectivity index (χ0v) is 18.3. The maximum atomic E-state index is 3.50. The summed E-state index contributed by atoms with van der Waals surface area (Å²) in [4.78, 5) is 0. The van der Waals surface area contributed by atoms with Crippen LogP contribution in [0.2, 0.25) is 0 Å². The topological polar surface area (TPSA) is 0 Å². The molecule has 0 amide bonds. The minimum absolute atomic E-state index is 0.597. The molecule has 0 aliphatic carbocycles. The highest BCUT2D eigenvalue weighted by Crippen LogP contribution is 2.33. The lowest BCUT2D eigenvalue weighted by Crippen LogP contribution is -2.02. The standard InChI is InChI=1S/C16H22Br2.C6H6/c1-5-11(3)13-8-7-9-14(12(4)6-2)15(13)10-16(17)18;1-2-4-6-5-3-1/h7-12H,5-6H2,1-4H3;1-6H. The Kier molecular flexibility index (Phi) is 10.3. The second-order valence-corrected chi connectivity index (χ2v) is 8.83. The molecule has 2 atom stereocenters. The summed E-state index contributed by atoms with van der Waals surface area (Å²) in [6, 6.07) is 18.7. The molecule has 130 valence electrons. The summed E-state index contributed by atoms with van der Waals surface area (Å²) in [6.45, 7) is 9.10. The molecule has 2 aromatic carbocycles. The van der Waals surface area contributed by atoms with Gasteiger partial charge in [-0.3, -0.25) is 0 Å². The number of hydrogen-bond acceptors (Lipinski definition) is 0. The molecule has 0 aliphatic rings. The van der Waals surface area contributed by atoms with Crippen molar-refractivity contribution in [3.63, 3.8) is 0 Å². The number of rotatable bonds is 5. The SMILES string of the molecule is CCC(C)c1cccc(C(C)CC)c1C=C(Br)Br.c1ccccc1. The minimum atomic E-state index is 0.597. The normalized spacial score (nSPS) is 12.6. The third kappa shape index (κ3) is 6.94.